The maximum absolute atomic E-state index is 11.2. The number of nitrogens with two attached hydrogens (primary N) is 1. The molecule has 0 radical (unpaired) electrons. The molecule has 0 spiro atoms. The van der Waals surface area contributed by atoms with E-state index in [-0.39, 0.29) is 0 Å². The third kappa shape index (κ3) is 5.91. The summed E-state index contributed by atoms with van der Waals surface area (Å²) in [6.45, 7) is 0.415. The van der Waals surface area contributed by atoms with E-state index < -0.39 is 21.5 Å². The van der Waals surface area contributed by atoms with Gasteiger partial charge in [0.15, 0.2) is 9.84 Å². The van der Waals surface area contributed by atoms with Gasteiger partial charge in [0.1, 0.15) is 5.75 Å². The Kier molecular flexibility index (Phi) is 4.51. The zero-order valence-corrected chi connectivity index (χ0v) is 10.5. The third-order valence-corrected chi connectivity index (χ3v) is 2.90. The van der Waals surface area contributed by atoms with Gasteiger partial charge >= 0.3 is 0 Å². The van der Waals surface area contributed by atoms with Crippen molar-refractivity contribution in [3.8, 4) is 0 Å². The summed E-state index contributed by atoms with van der Waals surface area (Å²) in [6.07, 6.45) is 1.68. The van der Waals surface area contributed by atoms with Crippen LogP contribution in [0, 0.1) is 0 Å². The predicted molar refractivity (Wildman–Crippen MR) is 67.3 cm³/mol. The van der Waals surface area contributed by atoms with E-state index in [4.69, 9.17) is 5.73 Å². The van der Waals surface area contributed by atoms with Crippen molar-refractivity contribution in [1.29, 1.82) is 0 Å². The number of hydrogen-bond acceptors (Lipinski definition) is 4. The molecule has 1 rings (SSSR count). The minimum atomic E-state index is -3.25. The van der Waals surface area contributed by atoms with Crippen LogP contribution in [0.25, 0.3) is 0 Å². The summed E-state index contributed by atoms with van der Waals surface area (Å²) in [6, 6.07) is 7.32. The predicted octanol–water partition coefficient (Wildman–Crippen LogP) is -0.0279. The molecule has 0 saturated carbocycles. The van der Waals surface area contributed by atoms with Gasteiger partial charge in [-0.1, -0.05) is 12.1 Å². The highest BCUT2D eigenvalue weighted by Gasteiger charge is 2.09. The monoisotopic (exact) mass is 256 g/mol. The molecule has 17 heavy (non-hydrogen) atoms. The Bertz CT molecular complexity index is 480. The van der Waals surface area contributed by atoms with E-state index in [1.54, 1.807) is 12.1 Å². The highest BCUT2D eigenvalue weighted by atomic mass is 32.2. The Labute approximate surface area is 101 Å². The Morgan fingerprint density at radius 1 is 1.29 bits per heavy atom. The molecule has 0 bridgehead atoms. The van der Waals surface area contributed by atoms with Crippen molar-refractivity contribution in [2.75, 3.05) is 24.3 Å². The van der Waals surface area contributed by atoms with Gasteiger partial charge < -0.3 is 11.1 Å². The molecule has 0 aliphatic heterocycles. The fourth-order valence-corrected chi connectivity index (χ4v) is 1.90. The van der Waals surface area contributed by atoms with Gasteiger partial charge in [0.05, 0.1) is 0 Å². The quantitative estimate of drug-likeness (QED) is 0.724. The van der Waals surface area contributed by atoms with Crippen LogP contribution in [0.1, 0.15) is 5.56 Å². The van der Waals surface area contributed by atoms with E-state index in [2.05, 4.69) is 5.32 Å². The van der Waals surface area contributed by atoms with Crippen LogP contribution < -0.4 is 11.1 Å². The van der Waals surface area contributed by atoms with E-state index in [0.29, 0.717) is 18.7 Å². The number of anilines is 1. The molecule has 6 heteroatoms. The minimum Gasteiger partial charge on any atom is -0.399 e. The standard InChI is InChI=1S/C11H16N2O3S/c1-17(15,16)8-11(14)13-7-6-9-2-4-10(12)5-3-9/h2-5H,6-8,12H2,1H3,(H,13,14). The van der Waals surface area contributed by atoms with Gasteiger partial charge in [-0.25, -0.2) is 8.42 Å². The molecule has 0 atom stereocenters. The van der Waals surface area contributed by atoms with Crippen molar-refractivity contribution in [2.45, 2.75) is 6.42 Å². The molecule has 3 N–H and O–H groups in total. The van der Waals surface area contributed by atoms with E-state index in [1.807, 2.05) is 12.1 Å². The average molecular weight is 256 g/mol. The highest BCUT2D eigenvalue weighted by molar-refractivity contribution is 7.91. The van der Waals surface area contributed by atoms with E-state index in [1.165, 1.54) is 0 Å². The fourth-order valence-electron chi connectivity index (χ4n) is 1.32. The van der Waals surface area contributed by atoms with Gasteiger partial charge in [-0.3, -0.25) is 4.79 Å². The van der Waals surface area contributed by atoms with Crippen molar-refractivity contribution in [1.82, 2.24) is 5.32 Å². The van der Waals surface area contributed by atoms with E-state index in [9.17, 15) is 13.2 Å². The Morgan fingerprint density at radius 3 is 2.41 bits per heavy atom. The lowest BCUT2D eigenvalue weighted by Gasteiger charge is -2.04. The first kappa shape index (κ1) is 13.5. The lowest BCUT2D eigenvalue weighted by Crippen LogP contribution is -2.31. The first-order valence-corrected chi connectivity index (χ1v) is 7.22. The number of rotatable bonds is 5. The van der Waals surface area contributed by atoms with Crippen LogP contribution in [-0.4, -0.2) is 32.9 Å². The van der Waals surface area contributed by atoms with Crippen LogP contribution in [0.5, 0.6) is 0 Å². The normalized spacial score (nSPS) is 11.1. The maximum atomic E-state index is 11.2. The van der Waals surface area contributed by atoms with Crippen molar-refractivity contribution >= 4 is 21.4 Å². The number of sulfone groups is 1. The number of benzene rings is 1. The second-order valence-electron chi connectivity index (χ2n) is 3.91. The second kappa shape index (κ2) is 5.67. The molecule has 5 nitrogen and oxygen atoms in total. The molecule has 1 amide bonds. The van der Waals surface area contributed by atoms with Crippen LogP contribution >= 0.6 is 0 Å². The lowest BCUT2D eigenvalue weighted by molar-refractivity contribution is -0.118. The maximum Gasteiger partial charge on any atom is 0.235 e. The molecule has 0 saturated heterocycles. The zero-order valence-electron chi connectivity index (χ0n) is 9.64. The molecule has 1 aromatic carbocycles. The second-order valence-corrected chi connectivity index (χ2v) is 6.05. The lowest BCUT2D eigenvalue weighted by atomic mass is 10.1. The number of nitrogen functional groups attached to an aromatic ring is 1. The van der Waals surface area contributed by atoms with Gasteiger partial charge in [0, 0.05) is 18.5 Å². The van der Waals surface area contributed by atoms with Crippen LogP contribution in [0.2, 0.25) is 0 Å². The van der Waals surface area contributed by atoms with E-state index >= 15 is 0 Å². The number of amides is 1. The van der Waals surface area contributed by atoms with Crippen molar-refractivity contribution in [3.63, 3.8) is 0 Å². The molecule has 0 aliphatic carbocycles. The summed E-state index contributed by atoms with van der Waals surface area (Å²) in [5, 5.41) is 2.55. The number of nitrogens with one attached hydrogen (secondary N) is 1. The zero-order chi connectivity index (χ0) is 12.9. The average Bonchev–Trinajstić information content (AvgIpc) is 2.18. The molecule has 1 aromatic rings. The molecule has 0 aliphatic rings. The number of carbonyl (C=O) groups excluding carboxylic acids is 1. The summed E-state index contributed by atoms with van der Waals surface area (Å²) in [4.78, 5) is 11.2. The first-order chi connectivity index (χ1) is 7.87. The van der Waals surface area contributed by atoms with Crippen molar-refractivity contribution in [2.24, 2.45) is 0 Å². The summed E-state index contributed by atoms with van der Waals surface area (Å²) < 4.78 is 21.7. The molecular formula is C11H16N2O3S. The SMILES string of the molecule is CS(=O)(=O)CC(=O)NCCc1ccc(N)cc1. The Hall–Kier alpha value is -1.56. The van der Waals surface area contributed by atoms with Gasteiger partial charge in [0.25, 0.3) is 0 Å². The van der Waals surface area contributed by atoms with Crippen LogP contribution in [0.4, 0.5) is 5.69 Å². The molecule has 94 valence electrons. The van der Waals surface area contributed by atoms with Crippen LogP contribution in [0.15, 0.2) is 24.3 Å². The van der Waals surface area contributed by atoms with Gasteiger partial charge in [0.2, 0.25) is 5.91 Å². The molecule has 0 aromatic heterocycles. The first-order valence-electron chi connectivity index (χ1n) is 5.16. The molecule has 0 fully saturated rings. The summed E-state index contributed by atoms with van der Waals surface area (Å²) in [5.41, 5.74) is 7.27. The summed E-state index contributed by atoms with van der Waals surface area (Å²) >= 11 is 0. The van der Waals surface area contributed by atoms with Crippen molar-refractivity contribution < 1.29 is 13.2 Å². The van der Waals surface area contributed by atoms with Gasteiger partial charge in [-0.2, -0.15) is 0 Å². The van der Waals surface area contributed by atoms with Crippen LogP contribution in [-0.2, 0) is 21.1 Å². The smallest absolute Gasteiger partial charge is 0.235 e. The van der Waals surface area contributed by atoms with E-state index in [0.717, 1.165) is 11.8 Å². The fraction of sp³-hybridized carbons (Fsp3) is 0.364. The minimum absolute atomic E-state index is 0.415. The Balaban J connectivity index is 2.33. The van der Waals surface area contributed by atoms with Crippen LogP contribution in [0.3, 0.4) is 0 Å². The molecule has 0 heterocycles. The largest absolute Gasteiger partial charge is 0.399 e. The van der Waals surface area contributed by atoms with Crippen molar-refractivity contribution in [3.05, 3.63) is 29.8 Å². The Morgan fingerprint density at radius 2 is 1.88 bits per heavy atom. The molecular weight excluding hydrogens is 240 g/mol. The number of hydrogen-bond donors (Lipinski definition) is 2. The highest BCUT2D eigenvalue weighted by Crippen LogP contribution is 2.05. The topological polar surface area (TPSA) is 89.3 Å². The van der Waals surface area contributed by atoms with Gasteiger partial charge in [-0.15, -0.1) is 0 Å². The summed E-state index contributed by atoms with van der Waals surface area (Å²) in [7, 11) is -3.25. The third-order valence-electron chi connectivity index (χ3n) is 2.11. The number of carbonyl (C=O) groups is 1. The van der Waals surface area contributed by atoms with Gasteiger partial charge in [-0.05, 0) is 24.1 Å². The molecule has 0 unspecified atom stereocenters. The summed E-state index contributed by atoms with van der Waals surface area (Å²) in [5.74, 6) is -0.933.